The Hall–Kier alpha value is -1.48. The van der Waals surface area contributed by atoms with Crippen LogP contribution in [0.3, 0.4) is 0 Å². The van der Waals surface area contributed by atoms with E-state index in [-0.39, 0.29) is 29.2 Å². The van der Waals surface area contributed by atoms with E-state index < -0.39 is 5.41 Å². The van der Waals surface area contributed by atoms with Crippen LogP contribution in [0, 0.1) is 17.3 Å². The van der Waals surface area contributed by atoms with Crippen molar-refractivity contribution < 1.29 is 14.3 Å². The molecule has 3 heteroatoms. The molecule has 1 aromatic carbocycles. The van der Waals surface area contributed by atoms with Gasteiger partial charge in [0.1, 0.15) is 5.78 Å². The highest BCUT2D eigenvalue weighted by Gasteiger charge is 2.70. The molecule has 2 saturated carbocycles. The number of carbonyl (C=O) groups is 2. The number of Topliss-reactive ketones (excluding diaryl/α,β-unsaturated/α-hetero) is 2. The van der Waals surface area contributed by atoms with E-state index in [1.165, 1.54) is 0 Å². The number of ketones is 2. The zero-order valence-corrected chi connectivity index (χ0v) is 13.2. The Labute approximate surface area is 131 Å². The lowest BCUT2D eigenvalue weighted by molar-refractivity contribution is -0.135. The molecule has 3 nitrogen and oxygen atoms in total. The van der Waals surface area contributed by atoms with E-state index in [0.717, 1.165) is 24.8 Å². The maximum atomic E-state index is 13.3. The average Bonchev–Trinajstić information content (AvgIpc) is 2.88. The van der Waals surface area contributed by atoms with Crippen LogP contribution in [0.2, 0.25) is 0 Å². The normalized spacial score (nSPS) is 41.8. The van der Waals surface area contributed by atoms with Crippen LogP contribution in [0.15, 0.2) is 30.3 Å². The largest absolute Gasteiger partial charge is 0.371 e. The number of benzene rings is 1. The smallest absolute Gasteiger partial charge is 0.169 e. The topological polar surface area (TPSA) is 43.4 Å². The second kappa shape index (κ2) is 4.51. The second-order valence-corrected chi connectivity index (χ2v) is 7.65. The number of hydrogen-bond acceptors (Lipinski definition) is 3. The summed E-state index contributed by atoms with van der Waals surface area (Å²) in [5, 5.41) is 0. The Morgan fingerprint density at radius 2 is 2.00 bits per heavy atom. The molecule has 2 saturated heterocycles. The standard InChI is InChI=1S/C19H22O3/c1-12(20)8-15-16-9-14-10-19(15,11-18(14,2)22-16)17(21)13-6-4-3-5-7-13/h3-7,14-16H,8-11H2,1-2H3. The van der Waals surface area contributed by atoms with Gasteiger partial charge >= 0.3 is 0 Å². The van der Waals surface area contributed by atoms with Gasteiger partial charge in [-0.05, 0) is 39.0 Å². The van der Waals surface area contributed by atoms with Crippen molar-refractivity contribution in [2.24, 2.45) is 17.3 Å². The van der Waals surface area contributed by atoms with Crippen LogP contribution in [0.25, 0.3) is 0 Å². The number of carbonyl (C=O) groups excluding carboxylic acids is 2. The van der Waals surface area contributed by atoms with Crippen molar-refractivity contribution >= 4 is 11.6 Å². The van der Waals surface area contributed by atoms with E-state index in [2.05, 4.69) is 6.92 Å². The summed E-state index contributed by atoms with van der Waals surface area (Å²) in [5.41, 5.74) is 0.220. The molecule has 4 bridgehead atoms. The third kappa shape index (κ3) is 1.78. The minimum Gasteiger partial charge on any atom is -0.371 e. The number of rotatable bonds is 4. The highest BCUT2D eigenvalue weighted by molar-refractivity contribution is 6.01. The molecule has 5 rings (SSSR count). The fraction of sp³-hybridized carbons (Fsp3) is 0.579. The summed E-state index contributed by atoms with van der Waals surface area (Å²) < 4.78 is 6.26. The maximum Gasteiger partial charge on any atom is 0.169 e. The van der Waals surface area contributed by atoms with Crippen molar-refractivity contribution in [3.63, 3.8) is 0 Å². The predicted octanol–water partition coefficient (Wildman–Crippen LogP) is 3.42. The van der Waals surface area contributed by atoms with Crippen molar-refractivity contribution in [2.75, 3.05) is 0 Å². The van der Waals surface area contributed by atoms with Crippen molar-refractivity contribution in [3.05, 3.63) is 35.9 Å². The first-order chi connectivity index (χ1) is 10.4. The summed E-state index contributed by atoms with van der Waals surface area (Å²) in [4.78, 5) is 25.1. The van der Waals surface area contributed by atoms with Crippen LogP contribution < -0.4 is 0 Å². The molecule has 4 fully saturated rings. The lowest BCUT2D eigenvalue weighted by atomic mass is 9.61. The first-order valence-electron chi connectivity index (χ1n) is 8.22. The molecule has 4 aliphatic rings. The fourth-order valence-electron chi connectivity index (χ4n) is 5.38. The van der Waals surface area contributed by atoms with Gasteiger partial charge in [0.05, 0.1) is 11.7 Å². The van der Waals surface area contributed by atoms with E-state index in [0.29, 0.717) is 12.3 Å². The van der Waals surface area contributed by atoms with Crippen LogP contribution in [0.4, 0.5) is 0 Å². The molecule has 2 aliphatic carbocycles. The summed E-state index contributed by atoms with van der Waals surface area (Å²) in [6.07, 6.45) is 3.21. The van der Waals surface area contributed by atoms with Crippen molar-refractivity contribution in [2.45, 2.75) is 51.2 Å². The third-order valence-electron chi connectivity index (χ3n) is 6.23. The van der Waals surface area contributed by atoms with Gasteiger partial charge in [-0.1, -0.05) is 30.3 Å². The van der Waals surface area contributed by atoms with Gasteiger partial charge in [0.15, 0.2) is 5.78 Å². The molecular weight excluding hydrogens is 276 g/mol. The summed E-state index contributed by atoms with van der Waals surface area (Å²) in [5.74, 6) is 0.895. The monoisotopic (exact) mass is 298 g/mol. The van der Waals surface area contributed by atoms with E-state index in [1.807, 2.05) is 30.3 Å². The molecule has 0 amide bonds. The van der Waals surface area contributed by atoms with Gasteiger partial charge in [0, 0.05) is 23.3 Å². The van der Waals surface area contributed by atoms with Crippen molar-refractivity contribution in [1.29, 1.82) is 0 Å². The SMILES string of the molecule is CC(=O)CC1C2CC3CC1(C(=O)c1ccccc1)CC3(C)O2. The van der Waals surface area contributed by atoms with Gasteiger partial charge in [-0.3, -0.25) is 4.79 Å². The van der Waals surface area contributed by atoms with Gasteiger partial charge in [-0.15, -0.1) is 0 Å². The Kier molecular flexibility index (Phi) is 2.90. The second-order valence-electron chi connectivity index (χ2n) is 7.65. The summed E-state index contributed by atoms with van der Waals surface area (Å²) >= 11 is 0. The van der Waals surface area contributed by atoms with Crippen LogP contribution in [0.5, 0.6) is 0 Å². The lowest BCUT2D eigenvalue weighted by Crippen LogP contribution is -2.50. The van der Waals surface area contributed by atoms with E-state index in [1.54, 1.807) is 6.92 Å². The molecule has 0 radical (unpaired) electrons. The maximum absolute atomic E-state index is 13.3. The molecule has 0 spiro atoms. The van der Waals surface area contributed by atoms with Gasteiger partial charge in [-0.2, -0.15) is 0 Å². The summed E-state index contributed by atoms with van der Waals surface area (Å²) in [6, 6.07) is 9.56. The highest BCUT2D eigenvalue weighted by Crippen LogP contribution is 2.67. The quantitative estimate of drug-likeness (QED) is 0.800. The first-order valence-corrected chi connectivity index (χ1v) is 8.22. The Balaban J connectivity index is 1.77. The van der Waals surface area contributed by atoms with E-state index in [9.17, 15) is 9.59 Å². The molecule has 22 heavy (non-hydrogen) atoms. The van der Waals surface area contributed by atoms with Crippen molar-refractivity contribution in [3.8, 4) is 0 Å². The van der Waals surface area contributed by atoms with Crippen LogP contribution in [0.1, 0.15) is 49.9 Å². The molecule has 1 aromatic rings. The molecule has 2 aliphatic heterocycles. The summed E-state index contributed by atoms with van der Waals surface area (Å²) in [7, 11) is 0. The van der Waals surface area contributed by atoms with Gasteiger partial charge in [-0.25, -0.2) is 0 Å². The first kappa shape index (κ1) is 14.1. The molecule has 0 aromatic heterocycles. The van der Waals surface area contributed by atoms with E-state index >= 15 is 0 Å². The number of hydrogen-bond donors (Lipinski definition) is 0. The molecule has 116 valence electrons. The Morgan fingerprint density at radius 1 is 1.27 bits per heavy atom. The highest BCUT2D eigenvalue weighted by atomic mass is 16.5. The molecule has 5 unspecified atom stereocenters. The molecule has 2 heterocycles. The zero-order chi connectivity index (χ0) is 15.5. The third-order valence-corrected chi connectivity index (χ3v) is 6.23. The minimum atomic E-state index is -0.395. The minimum absolute atomic E-state index is 0.0459. The molecule has 0 N–H and O–H groups in total. The number of ether oxygens (including phenoxy) is 1. The predicted molar refractivity (Wildman–Crippen MR) is 82.6 cm³/mol. The fourth-order valence-corrected chi connectivity index (χ4v) is 5.38. The Bertz CT molecular complexity index is 637. The van der Waals surface area contributed by atoms with Gasteiger partial charge in [0.2, 0.25) is 0 Å². The van der Waals surface area contributed by atoms with Crippen molar-refractivity contribution in [1.82, 2.24) is 0 Å². The Morgan fingerprint density at radius 3 is 2.64 bits per heavy atom. The van der Waals surface area contributed by atoms with Gasteiger partial charge in [0.25, 0.3) is 0 Å². The summed E-state index contributed by atoms with van der Waals surface area (Å²) in [6.45, 7) is 3.78. The zero-order valence-electron chi connectivity index (χ0n) is 13.2. The van der Waals surface area contributed by atoms with Gasteiger partial charge < -0.3 is 9.53 Å². The van der Waals surface area contributed by atoms with E-state index in [4.69, 9.17) is 4.74 Å². The van der Waals surface area contributed by atoms with Crippen LogP contribution in [-0.2, 0) is 9.53 Å². The van der Waals surface area contributed by atoms with Crippen LogP contribution >= 0.6 is 0 Å². The molecular formula is C19H22O3. The lowest BCUT2D eigenvalue weighted by Gasteiger charge is -2.46. The average molecular weight is 298 g/mol. The molecule has 5 atom stereocenters. The van der Waals surface area contributed by atoms with Crippen LogP contribution in [-0.4, -0.2) is 23.3 Å².